The van der Waals surface area contributed by atoms with E-state index in [1.807, 2.05) is 0 Å². The predicted octanol–water partition coefficient (Wildman–Crippen LogP) is 3.02. The molecule has 1 aliphatic carbocycles. The Kier molecular flexibility index (Phi) is 9.02. The fraction of sp³-hybridized carbons (Fsp3) is 0.652. The highest BCUT2D eigenvalue weighted by molar-refractivity contribution is 6.33. The largest absolute Gasteiger partial charge is 0.496 e. The molecule has 32 heavy (non-hydrogen) atoms. The van der Waals surface area contributed by atoms with E-state index in [0.717, 1.165) is 32.2 Å². The molecule has 1 saturated heterocycles. The first-order chi connectivity index (χ1) is 15.4. The van der Waals surface area contributed by atoms with E-state index in [-0.39, 0.29) is 30.1 Å². The number of carbonyl (C=O) groups excluding carboxylic acids is 2. The number of likely N-dealkylation sites (tertiary alicyclic amines) is 1. The fourth-order valence-corrected chi connectivity index (χ4v) is 4.59. The number of nitrogens with two attached hydrogens (primary N) is 1. The summed E-state index contributed by atoms with van der Waals surface area (Å²) in [7, 11) is 3.11. The standard InChI is InChI=1S/C23H34ClN3O5/c1-30-20-13-18(25)17(24)12-16(20)23(29)26-19-8-10-27(14-21(19)31-2)11-9-22(28)32-15-6-4-3-5-7-15/h12-13,15,19,21H,3-11,14,25H2,1-2H3,(H,26,29). The fourth-order valence-electron chi connectivity index (χ4n) is 4.43. The number of hydrogen-bond donors (Lipinski definition) is 2. The maximum atomic E-state index is 12.9. The zero-order valence-electron chi connectivity index (χ0n) is 18.9. The lowest BCUT2D eigenvalue weighted by molar-refractivity contribution is -0.151. The van der Waals surface area contributed by atoms with E-state index in [4.69, 9.17) is 31.5 Å². The molecule has 2 unspecified atom stereocenters. The van der Waals surface area contributed by atoms with Gasteiger partial charge in [0.05, 0.1) is 41.9 Å². The predicted molar refractivity (Wildman–Crippen MR) is 123 cm³/mol. The van der Waals surface area contributed by atoms with Crippen molar-refractivity contribution in [2.24, 2.45) is 0 Å². The second-order valence-electron chi connectivity index (χ2n) is 8.52. The maximum absolute atomic E-state index is 12.9. The van der Waals surface area contributed by atoms with E-state index in [9.17, 15) is 9.59 Å². The minimum absolute atomic E-state index is 0.0859. The van der Waals surface area contributed by atoms with Crippen LogP contribution in [0.25, 0.3) is 0 Å². The summed E-state index contributed by atoms with van der Waals surface area (Å²) in [6.45, 7) is 1.99. The van der Waals surface area contributed by atoms with Crippen LogP contribution in [0.2, 0.25) is 5.02 Å². The van der Waals surface area contributed by atoms with E-state index in [1.54, 1.807) is 13.2 Å². The van der Waals surface area contributed by atoms with E-state index < -0.39 is 0 Å². The van der Waals surface area contributed by atoms with Gasteiger partial charge in [0.25, 0.3) is 5.91 Å². The molecule has 2 fully saturated rings. The molecule has 0 aromatic heterocycles. The smallest absolute Gasteiger partial charge is 0.307 e. The quantitative estimate of drug-likeness (QED) is 0.447. The molecule has 0 radical (unpaired) electrons. The molecule has 2 aliphatic rings. The van der Waals surface area contributed by atoms with Crippen LogP contribution in [0.4, 0.5) is 5.69 Å². The van der Waals surface area contributed by atoms with Crippen LogP contribution < -0.4 is 15.8 Å². The number of nitrogen functional groups attached to an aromatic ring is 1. The Balaban J connectivity index is 1.50. The summed E-state index contributed by atoms with van der Waals surface area (Å²) in [6.07, 6.45) is 6.43. The van der Waals surface area contributed by atoms with Crippen molar-refractivity contribution in [2.45, 2.75) is 63.2 Å². The maximum Gasteiger partial charge on any atom is 0.307 e. The van der Waals surface area contributed by atoms with Crippen LogP contribution in [0.5, 0.6) is 5.75 Å². The van der Waals surface area contributed by atoms with Crippen LogP contribution in [0.1, 0.15) is 55.3 Å². The highest BCUT2D eigenvalue weighted by Crippen LogP contribution is 2.29. The van der Waals surface area contributed by atoms with Gasteiger partial charge < -0.3 is 30.2 Å². The van der Waals surface area contributed by atoms with Crippen LogP contribution in [0.15, 0.2) is 12.1 Å². The minimum Gasteiger partial charge on any atom is -0.496 e. The van der Waals surface area contributed by atoms with Crippen LogP contribution >= 0.6 is 11.6 Å². The zero-order chi connectivity index (χ0) is 23.1. The molecule has 178 valence electrons. The lowest BCUT2D eigenvalue weighted by Crippen LogP contribution is -2.55. The highest BCUT2D eigenvalue weighted by Gasteiger charge is 2.31. The number of benzene rings is 1. The van der Waals surface area contributed by atoms with E-state index in [2.05, 4.69) is 10.2 Å². The van der Waals surface area contributed by atoms with E-state index in [0.29, 0.717) is 48.0 Å². The SMILES string of the molecule is COc1cc(N)c(Cl)cc1C(=O)NC1CCN(CCC(=O)OC2CCCCC2)CC1OC. The third kappa shape index (κ3) is 6.49. The number of rotatable bonds is 8. The molecular formula is C23H34ClN3O5. The van der Waals surface area contributed by atoms with Crippen molar-refractivity contribution in [2.75, 3.05) is 39.6 Å². The van der Waals surface area contributed by atoms with Gasteiger partial charge in [-0.1, -0.05) is 18.0 Å². The zero-order valence-corrected chi connectivity index (χ0v) is 19.7. The first-order valence-electron chi connectivity index (χ1n) is 11.3. The molecule has 1 aromatic rings. The monoisotopic (exact) mass is 467 g/mol. The Labute approximate surface area is 194 Å². The number of piperidine rings is 1. The van der Waals surface area contributed by atoms with Gasteiger partial charge in [0.1, 0.15) is 11.9 Å². The van der Waals surface area contributed by atoms with E-state index in [1.165, 1.54) is 19.6 Å². The first kappa shape index (κ1) is 24.6. The summed E-state index contributed by atoms with van der Waals surface area (Å²) in [5, 5.41) is 3.34. The van der Waals surface area contributed by atoms with E-state index >= 15 is 0 Å². The summed E-state index contributed by atoms with van der Waals surface area (Å²) in [4.78, 5) is 27.3. The molecule has 0 bridgehead atoms. The molecule has 1 heterocycles. The van der Waals surface area contributed by atoms with Crippen molar-refractivity contribution in [3.8, 4) is 5.75 Å². The van der Waals surface area contributed by atoms with Gasteiger partial charge in [0, 0.05) is 32.8 Å². The van der Waals surface area contributed by atoms with Crippen LogP contribution in [0, 0.1) is 0 Å². The number of carbonyl (C=O) groups is 2. The molecule has 3 rings (SSSR count). The Morgan fingerprint density at radius 1 is 1.19 bits per heavy atom. The molecule has 9 heteroatoms. The molecule has 1 amide bonds. The number of methoxy groups -OCH3 is 2. The Morgan fingerprint density at radius 3 is 2.62 bits per heavy atom. The normalized spacial score (nSPS) is 22.3. The van der Waals surface area contributed by atoms with Gasteiger partial charge in [0.2, 0.25) is 0 Å². The Morgan fingerprint density at radius 2 is 1.94 bits per heavy atom. The average molecular weight is 468 g/mol. The third-order valence-electron chi connectivity index (χ3n) is 6.31. The molecule has 2 atom stereocenters. The second-order valence-corrected chi connectivity index (χ2v) is 8.92. The third-order valence-corrected chi connectivity index (χ3v) is 6.64. The Hall–Kier alpha value is -2.03. The van der Waals surface area contributed by atoms with Crippen molar-refractivity contribution in [3.63, 3.8) is 0 Å². The number of hydrogen-bond acceptors (Lipinski definition) is 7. The number of esters is 1. The van der Waals surface area contributed by atoms with Gasteiger partial charge in [0.15, 0.2) is 0 Å². The van der Waals surface area contributed by atoms with Crippen LogP contribution in [-0.2, 0) is 14.3 Å². The molecule has 1 aliphatic heterocycles. The topological polar surface area (TPSA) is 103 Å². The Bertz CT molecular complexity index is 800. The van der Waals surface area contributed by atoms with Crippen LogP contribution in [-0.4, -0.2) is 68.9 Å². The summed E-state index contributed by atoms with van der Waals surface area (Å²) >= 11 is 6.10. The summed E-state index contributed by atoms with van der Waals surface area (Å²) < 4.78 is 16.5. The van der Waals surface area contributed by atoms with Gasteiger partial charge in [-0.15, -0.1) is 0 Å². The van der Waals surface area contributed by atoms with Crippen molar-refractivity contribution < 1.29 is 23.8 Å². The lowest BCUT2D eigenvalue weighted by atomic mass is 9.98. The molecular weight excluding hydrogens is 434 g/mol. The number of halogens is 1. The molecule has 0 spiro atoms. The number of ether oxygens (including phenoxy) is 3. The van der Waals surface area contributed by atoms with Crippen molar-refractivity contribution >= 4 is 29.2 Å². The van der Waals surface area contributed by atoms with Gasteiger partial charge in [-0.3, -0.25) is 9.59 Å². The summed E-state index contributed by atoms with van der Waals surface area (Å²) in [5.74, 6) is -0.0544. The molecule has 1 saturated carbocycles. The van der Waals surface area contributed by atoms with Gasteiger partial charge in [-0.2, -0.15) is 0 Å². The second kappa shape index (κ2) is 11.7. The number of nitrogens with one attached hydrogen (secondary N) is 1. The van der Waals surface area contributed by atoms with Crippen molar-refractivity contribution in [1.29, 1.82) is 0 Å². The molecule has 8 nitrogen and oxygen atoms in total. The van der Waals surface area contributed by atoms with Crippen molar-refractivity contribution in [3.05, 3.63) is 22.7 Å². The van der Waals surface area contributed by atoms with Gasteiger partial charge in [-0.25, -0.2) is 0 Å². The summed E-state index contributed by atoms with van der Waals surface area (Å²) in [6, 6.07) is 2.89. The number of anilines is 1. The average Bonchev–Trinajstić information content (AvgIpc) is 2.80. The van der Waals surface area contributed by atoms with Crippen molar-refractivity contribution in [1.82, 2.24) is 10.2 Å². The van der Waals surface area contributed by atoms with Gasteiger partial charge >= 0.3 is 5.97 Å². The molecule has 1 aromatic carbocycles. The van der Waals surface area contributed by atoms with Gasteiger partial charge in [-0.05, 0) is 38.2 Å². The molecule has 3 N–H and O–H groups in total. The van der Waals surface area contributed by atoms with Crippen LogP contribution in [0.3, 0.4) is 0 Å². The lowest BCUT2D eigenvalue weighted by Gasteiger charge is -2.38. The number of nitrogens with zero attached hydrogens (tertiary/aromatic N) is 1. The first-order valence-corrected chi connectivity index (χ1v) is 11.7. The highest BCUT2D eigenvalue weighted by atomic mass is 35.5. The number of amides is 1. The minimum atomic E-state index is -0.291. The summed E-state index contributed by atoms with van der Waals surface area (Å²) in [5.41, 5.74) is 6.49.